The van der Waals surface area contributed by atoms with E-state index in [1.807, 2.05) is 7.05 Å². The first kappa shape index (κ1) is 11.9. The zero-order valence-electron chi connectivity index (χ0n) is 8.97. The Kier molecular flexibility index (Phi) is 3.81. The third-order valence-electron chi connectivity index (χ3n) is 2.58. The summed E-state index contributed by atoms with van der Waals surface area (Å²) in [6.07, 6.45) is 3.03. The predicted octanol–water partition coefficient (Wildman–Crippen LogP) is 3.00. The molecular weight excluding hydrogens is 320 g/mol. The Morgan fingerprint density at radius 3 is 2.88 bits per heavy atom. The van der Waals surface area contributed by atoms with Gasteiger partial charge in [0.25, 0.3) is 0 Å². The van der Waals surface area contributed by atoms with Crippen molar-refractivity contribution in [2.45, 2.75) is 12.5 Å². The van der Waals surface area contributed by atoms with Crippen molar-refractivity contribution in [1.82, 2.24) is 5.32 Å². The highest BCUT2D eigenvalue weighted by molar-refractivity contribution is 14.1. The monoisotopic (exact) mass is 333 g/mol. The third-order valence-corrected chi connectivity index (χ3v) is 3.51. The minimum Gasteiger partial charge on any atom is -0.496 e. The van der Waals surface area contributed by atoms with E-state index in [0.717, 1.165) is 27.9 Å². The molecule has 0 fully saturated rings. The summed E-state index contributed by atoms with van der Waals surface area (Å²) >= 11 is 2.15. The molecule has 4 heteroatoms. The van der Waals surface area contributed by atoms with Gasteiger partial charge < -0.3 is 10.1 Å². The van der Waals surface area contributed by atoms with Gasteiger partial charge in [0, 0.05) is 9.99 Å². The zero-order valence-corrected chi connectivity index (χ0v) is 11.1. The summed E-state index contributed by atoms with van der Waals surface area (Å²) in [4.78, 5) is 0. The van der Waals surface area contributed by atoms with Gasteiger partial charge in [0.1, 0.15) is 11.6 Å². The minimum atomic E-state index is -0.204. The SMILES string of the molecule is CNC(C1=CCCO1)c1ccc(F)cc1I. The summed E-state index contributed by atoms with van der Waals surface area (Å²) in [6, 6.07) is 4.85. The van der Waals surface area contributed by atoms with Crippen molar-refractivity contribution in [3.05, 3.63) is 45.0 Å². The van der Waals surface area contributed by atoms with Gasteiger partial charge in [0.05, 0.1) is 12.6 Å². The normalized spacial score (nSPS) is 16.8. The molecule has 2 rings (SSSR count). The van der Waals surface area contributed by atoms with Crippen LogP contribution in [0.25, 0.3) is 0 Å². The highest BCUT2D eigenvalue weighted by atomic mass is 127. The lowest BCUT2D eigenvalue weighted by Crippen LogP contribution is -2.20. The second kappa shape index (κ2) is 5.14. The second-order valence-electron chi connectivity index (χ2n) is 3.63. The molecule has 1 aliphatic heterocycles. The molecule has 0 amide bonds. The van der Waals surface area contributed by atoms with Crippen LogP contribution in [-0.2, 0) is 4.74 Å². The van der Waals surface area contributed by atoms with Crippen LogP contribution >= 0.6 is 22.6 Å². The Morgan fingerprint density at radius 2 is 2.31 bits per heavy atom. The lowest BCUT2D eigenvalue weighted by Gasteiger charge is -2.19. The van der Waals surface area contributed by atoms with Crippen molar-refractivity contribution in [3.63, 3.8) is 0 Å². The first-order valence-electron chi connectivity index (χ1n) is 5.17. The Morgan fingerprint density at radius 1 is 1.50 bits per heavy atom. The highest BCUT2D eigenvalue weighted by Crippen LogP contribution is 2.29. The highest BCUT2D eigenvalue weighted by Gasteiger charge is 2.21. The van der Waals surface area contributed by atoms with Crippen LogP contribution in [0, 0.1) is 9.39 Å². The summed E-state index contributed by atoms with van der Waals surface area (Å²) in [5.74, 6) is 0.733. The first-order chi connectivity index (χ1) is 7.72. The Balaban J connectivity index is 2.32. The van der Waals surface area contributed by atoms with Crippen molar-refractivity contribution in [3.8, 4) is 0 Å². The van der Waals surface area contributed by atoms with Crippen LogP contribution in [0.4, 0.5) is 4.39 Å². The fourth-order valence-corrected chi connectivity index (χ4v) is 2.61. The van der Waals surface area contributed by atoms with E-state index in [-0.39, 0.29) is 11.9 Å². The largest absolute Gasteiger partial charge is 0.496 e. The Bertz CT molecular complexity index is 419. The number of benzene rings is 1. The summed E-state index contributed by atoms with van der Waals surface area (Å²) in [5.41, 5.74) is 1.05. The molecule has 2 nitrogen and oxygen atoms in total. The maximum atomic E-state index is 13.0. The van der Waals surface area contributed by atoms with Crippen LogP contribution in [0.1, 0.15) is 18.0 Å². The molecule has 1 aliphatic rings. The van der Waals surface area contributed by atoms with E-state index >= 15 is 0 Å². The summed E-state index contributed by atoms with van der Waals surface area (Å²) < 4.78 is 19.5. The van der Waals surface area contributed by atoms with Gasteiger partial charge in [-0.25, -0.2) is 4.39 Å². The second-order valence-corrected chi connectivity index (χ2v) is 4.79. The molecule has 1 aromatic carbocycles. The fraction of sp³-hybridized carbons (Fsp3) is 0.333. The summed E-state index contributed by atoms with van der Waals surface area (Å²) in [7, 11) is 1.88. The van der Waals surface area contributed by atoms with Crippen LogP contribution in [0.5, 0.6) is 0 Å². The molecule has 0 spiro atoms. The fourth-order valence-electron chi connectivity index (χ4n) is 1.82. The van der Waals surface area contributed by atoms with Gasteiger partial charge in [-0.3, -0.25) is 0 Å². The average molecular weight is 333 g/mol. The van der Waals surface area contributed by atoms with Gasteiger partial charge >= 0.3 is 0 Å². The van der Waals surface area contributed by atoms with Crippen molar-refractivity contribution in [2.24, 2.45) is 0 Å². The number of nitrogens with one attached hydrogen (secondary N) is 1. The first-order valence-corrected chi connectivity index (χ1v) is 6.25. The molecule has 16 heavy (non-hydrogen) atoms. The quantitative estimate of drug-likeness (QED) is 0.859. The molecule has 0 saturated heterocycles. The molecule has 86 valence electrons. The number of ether oxygens (including phenoxy) is 1. The van der Waals surface area contributed by atoms with Gasteiger partial charge in [0.15, 0.2) is 0 Å². The standard InChI is InChI=1S/C12H13FINO/c1-15-12(11-3-2-6-16-11)9-5-4-8(13)7-10(9)14/h3-5,7,12,15H,2,6H2,1H3. The van der Waals surface area contributed by atoms with Crippen LogP contribution in [0.15, 0.2) is 30.0 Å². The van der Waals surface area contributed by atoms with Crippen molar-refractivity contribution < 1.29 is 9.13 Å². The number of hydrogen-bond acceptors (Lipinski definition) is 2. The van der Waals surface area contributed by atoms with E-state index in [1.165, 1.54) is 12.1 Å². The van der Waals surface area contributed by atoms with E-state index in [2.05, 4.69) is 34.0 Å². The van der Waals surface area contributed by atoms with Gasteiger partial charge in [-0.05, 0) is 53.4 Å². The van der Waals surface area contributed by atoms with Gasteiger partial charge in [-0.1, -0.05) is 6.07 Å². The Labute approximate surface area is 108 Å². The molecule has 1 unspecified atom stereocenters. The average Bonchev–Trinajstić information content (AvgIpc) is 2.75. The molecule has 0 bridgehead atoms. The van der Waals surface area contributed by atoms with Crippen molar-refractivity contribution in [2.75, 3.05) is 13.7 Å². The predicted molar refractivity (Wildman–Crippen MR) is 69.6 cm³/mol. The molecule has 0 aliphatic carbocycles. The van der Waals surface area contributed by atoms with Crippen LogP contribution in [0.2, 0.25) is 0 Å². The number of likely N-dealkylation sites (N-methyl/N-ethyl adjacent to an activating group) is 1. The molecular formula is C12H13FINO. The maximum Gasteiger partial charge on any atom is 0.124 e. The molecule has 0 radical (unpaired) electrons. The molecule has 0 saturated carbocycles. The Hall–Kier alpha value is -0.620. The van der Waals surface area contributed by atoms with Crippen molar-refractivity contribution >= 4 is 22.6 Å². The lowest BCUT2D eigenvalue weighted by molar-refractivity contribution is 0.218. The lowest BCUT2D eigenvalue weighted by atomic mass is 10.1. The zero-order chi connectivity index (χ0) is 11.5. The summed E-state index contributed by atoms with van der Waals surface area (Å²) in [5, 5.41) is 3.20. The van der Waals surface area contributed by atoms with Gasteiger partial charge in [-0.2, -0.15) is 0 Å². The van der Waals surface area contributed by atoms with Gasteiger partial charge in [-0.15, -0.1) is 0 Å². The van der Waals surface area contributed by atoms with E-state index in [1.54, 1.807) is 6.07 Å². The molecule has 1 N–H and O–H groups in total. The minimum absolute atomic E-state index is 0.0231. The van der Waals surface area contributed by atoms with E-state index in [9.17, 15) is 4.39 Å². The smallest absolute Gasteiger partial charge is 0.124 e. The molecule has 1 aromatic rings. The van der Waals surface area contributed by atoms with E-state index < -0.39 is 0 Å². The third kappa shape index (κ3) is 2.38. The summed E-state index contributed by atoms with van der Waals surface area (Å²) in [6.45, 7) is 0.741. The van der Waals surface area contributed by atoms with Crippen LogP contribution in [-0.4, -0.2) is 13.7 Å². The van der Waals surface area contributed by atoms with Gasteiger partial charge in [0.2, 0.25) is 0 Å². The van der Waals surface area contributed by atoms with E-state index in [4.69, 9.17) is 4.74 Å². The molecule has 1 heterocycles. The number of rotatable bonds is 3. The topological polar surface area (TPSA) is 21.3 Å². The molecule has 0 aromatic heterocycles. The van der Waals surface area contributed by atoms with Crippen molar-refractivity contribution in [1.29, 1.82) is 0 Å². The van der Waals surface area contributed by atoms with E-state index in [0.29, 0.717) is 0 Å². The van der Waals surface area contributed by atoms with Crippen LogP contribution in [0.3, 0.4) is 0 Å². The number of hydrogen-bond donors (Lipinski definition) is 1. The maximum absolute atomic E-state index is 13.0. The van der Waals surface area contributed by atoms with Crippen LogP contribution < -0.4 is 5.32 Å². The number of halogens is 2. The molecule has 1 atom stereocenters.